The van der Waals surface area contributed by atoms with E-state index in [0.717, 1.165) is 24.7 Å². The van der Waals surface area contributed by atoms with Crippen molar-refractivity contribution >= 4 is 5.96 Å². The van der Waals surface area contributed by atoms with Gasteiger partial charge in [-0.2, -0.15) is 0 Å². The van der Waals surface area contributed by atoms with E-state index in [4.69, 9.17) is 4.74 Å². The van der Waals surface area contributed by atoms with Crippen molar-refractivity contribution in [2.75, 3.05) is 27.2 Å². The molecule has 1 aromatic rings. The van der Waals surface area contributed by atoms with Crippen LogP contribution in [0.1, 0.15) is 44.2 Å². The summed E-state index contributed by atoms with van der Waals surface area (Å²) in [6.07, 6.45) is 8.29. The molecule has 0 unspecified atom stereocenters. The number of hydrogen-bond acceptors (Lipinski definition) is 3. The molecule has 2 heterocycles. The third-order valence-electron chi connectivity index (χ3n) is 5.28. The van der Waals surface area contributed by atoms with Crippen molar-refractivity contribution in [1.29, 1.82) is 0 Å². The number of rotatable bonds is 3. The van der Waals surface area contributed by atoms with Gasteiger partial charge < -0.3 is 15.0 Å². The third-order valence-corrected chi connectivity index (χ3v) is 5.28. The highest BCUT2D eigenvalue weighted by molar-refractivity contribution is 5.80. The molecule has 1 aliphatic carbocycles. The number of nitrogens with zero attached hydrogens (tertiary/aromatic N) is 3. The predicted molar refractivity (Wildman–Crippen MR) is 92.7 cm³/mol. The second-order valence-electron chi connectivity index (χ2n) is 6.80. The zero-order valence-electron chi connectivity index (χ0n) is 14.3. The van der Waals surface area contributed by atoms with Gasteiger partial charge in [-0.3, -0.25) is 4.99 Å². The lowest BCUT2D eigenvalue weighted by Gasteiger charge is -2.33. The highest BCUT2D eigenvalue weighted by Crippen LogP contribution is 2.43. The zero-order valence-corrected chi connectivity index (χ0v) is 14.3. The Morgan fingerprint density at radius 3 is 2.87 bits per heavy atom. The summed E-state index contributed by atoms with van der Waals surface area (Å²) in [7, 11) is 3.51. The number of likely N-dealkylation sites (tertiary alicyclic amines) is 1. The number of pyridine rings is 1. The van der Waals surface area contributed by atoms with E-state index in [2.05, 4.69) is 20.2 Å². The number of aromatic nitrogens is 1. The second-order valence-corrected chi connectivity index (χ2v) is 6.80. The molecule has 126 valence electrons. The SMILES string of the molecule is CN=C(NCc1cccc(OC)n1)N1CCC2(CCCCC2)C1. The fraction of sp³-hybridized carbons (Fsp3) is 0.667. The summed E-state index contributed by atoms with van der Waals surface area (Å²) in [4.78, 5) is 11.3. The van der Waals surface area contributed by atoms with Crippen molar-refractivity contribution in [2.45, 2.75) is 45.1 Å². The molecule has 1 saturated heterocycles. The normalized spacial score (nSPS) is 20.8. The van der Waals surface area contributed by atoms with E-state index in [1.54, 1.807) is 7.11 Å². The van der Waals surface area contributed by atoms with Gasteiger partial charge in [-0.15, -0.1) is 0 Å². The summed E-state index contributed by atoms with van der Waals surface area (Å²) in [5, 5.41) is 3.46. The predicted octanol–water partition coefficient (Wildman–Crippen LogP) is 2.82. The molecular formula is C18H28N4O. The standard InChI is InChI=1S/C18H28N4O/c1-19-17(20-13-15-7-6-8-16(21-15)23-2)22-12-11-18(14-22)9-4-3-5-10-18/h6-8H,3-5,9-14H2,1-2H3,(H,19,20). The summed E-state index contributed by atoms with van der Waals surface area (Å²) in [6.45, 7) is 2.94. The van der Waals surface area contributed by atoms with Gasteiger partial charge >= 0.3 is 0 Å². The lowest BCUT2D eigenvalue weighted by molar-refractivity contribution is 0.203. The number of aliphatic imine (C=N–C) groups is 1. The Balaban J connectivity index is 1.58. The molecule has 1 aliphatic heterocycles. The fourth-order valence-electron chi connectivity index (χ4n) is 4.00. The first-order chi connectivity index (χ1) is 11.2. The number of guanidine groups is 1. The van der Waals surface area contributed by atoms with E-state index < -0.39 is 0 Å². The first-order valence-corrected chi connectivity index (χ1v) is 8.70. The van der Waals surface area contributed by atoms with E-state index >= 15 is 0 Å². The zero-order chi connectivity index (χ0) is 16.1. The van der Waals surface area contributed by atoms with Gasteiger partial charge in [0.05, 0.1) is 19.3 Å². The Morgan fingerprint density at radius 2 is 2.13 bits per heavy atom. The van der Waals surface area contributed by atoms with Crippen LogP contribution in [0.25, 0.3) is 0 Å². The Morgan fingerprint density at radius 1 is 1.30 bits per heavy atom. The minimum Gasteiger partial charge on any atom is -0.481 e. The van der Waals surface area contributed by atoms with Crippen LogP contribution in [0.3, 0.4) is 0 Å². The van der Waals surface area contributed by atoms with Gasteiger partial charge in [-0.25, -0.2) is 4.98 Å². The molecule has 0 amide bonds. The third kappa shape index (κ3) is 3.77. The highest BCUT2D eigenvalue weighted by atomic mass is 16.5. The summed E-state index contributed by atoms with van der Waals surface area (Å²) in [6, 6.07) is 5.85. The van der Waals surface area contributed by atoms with Crippen LogP contribution < -0.4 is 10.1 Å². The van der Waals surface area contributed by atoms with Crippen molar-refractivity contribution in [3.63, 3.8) is 0 Å². The molecule has 0 aromatic carbocycles. The van der Waals surface area contributed by atoms with Crippen LogP contribution >= 0.6 is 0 Å². The summed E-state index contributed by atoms with van der Waals surface area (Å²) in [5.74, 6) is 1.65. The Kier molecular flexibility index (Phi) is 5.03. The van der Waals surface area contributed by atoms with Gasteiger partial charge in [0.2, 0.25) is 5.88 Å². The fourth-order valence-corrected chi connectivity index (χ4v) is 4.00. The molecule has 0 radical (unpaired) electrons. The number of hydrogen-bond donors (Lipinski definition) is 1. The van der Waals surface area contributed by atoms with Crippen LogP contribution in [0.2, 0.25) is 0 Å². The van der Waals surface area contributed by atoms with Crippen LogP contribution in [0.15, 0.2) is 23.2 Å². The van der Waals surface area contributed by atoms with Crippen molar-refractivity contribution in [3.05, 3.63) is 23.9 Å². The molecule has 2 fully saturated rings. The van der Waals surface area contributed by atoms with E-state index in [1.807, 2.05) is 25.2 Å². The maximum absolute atomic E-state index is 5.18. The van der Waals surface area contributed by atoms with Gasteiger partial charge in [-0.05, 0) is 30.7 Å². The molecule has 3 rings (SSSR count). The molecule has 5 nitrogen and oxygen atoms in total. The molecule has 23 heavy (non-hydrogen) atoms. The molecule has 1 aromatic heterocycles. The highest BCUT2D eigenvalue weighted by Gasteiger charge is 2.39. The molecule has 1 spiro atoms. The van der Waals surface area contributed by atoms with E-state index in [1.165, 1.54) is 38.5 Å². The largest absolute Gasteiger partial charge is 0.481 e. The van der Waals surface area contributed by atoms with Gasteiger partial charge in [0.25, 0.3) is 0 Å². The van der Waals surface area contributed by atoms with Crippen LogP contribution in [0, 0.1) is 5.41 Å². The minimum atomic E-state index is 0.546. The molecular weight excluding hydrogens is 288 g/mol. The van der Waals surface area contributed by atoms with Gasteiger partial charge in [0.1, 0.15) is 0 Å². The molecule has 2 aliphatic rings. The van der Waals surface area contributed by atoms with Crippen molar-refractivity contribution in [3.8, 4) is 5.88 Å². The van der Waals surface area contributed by atoms with Crippen molar-refractivity contribution < 1.29 is 4.74 Å². The summed E-state index contributed by atoms with van der Waals surface area (Å²) in [5.41, 5.74) is 1.52. The first kappa shape index (κ1) is 16.1. The smallest absolute Gasteiger partial charge is 0.213 e. The lowest BCUT2D eigenvalue weighted by atomic mass is 9.73. The average molecular weight is 316 g/mol. The van der Waals surface area contributed by atoms with E-state index in [-0.39, 0.29) is 0 Å². The van der Waals surface area contributed by atoms with Crippen LogP contribution in [0.4, 0.5) is 0 Å². The Labute approximate surface area is 139 Å². The summed E-state index contributed by atoms with van der Waals surface area (Å²) >= 11 is 0. The monoisotopic (exact) mass is 316 g/mol. The van der Waals surface area contributed by atoms with E-state index in [9.17, 15) is 0 Å². The maximum atomic E-state index is 5.18. The Bertz CT molecular complexity index is 552. The van der Waals surface area contributed by atoms with Gasteiger partial charge in [0, 0.05) is 26.2 Å². The quantitative estimate of drug-likeness (QED) is 0.688. The van der Waals surface area contributed by atoms with Crippen molar-refractivity contribution in [2.24, 2.45) is 10.4 Å². The molecule has 1 N–H and O–H groups in total. The van der Waals surface area contributed by atoms with Gasteiger partial charge in [0.15, 0.2) is 5.96 Å². The molecule has 1 saturated carbocycles. The van der Waals surface area contributed by atoms with Crippen LogP contribution in [-0.2, 0) is 6.54 Å². The lowest BCUT2D eigenvalue weighted by Crippen LogP contribution is -2.41. The number of methoxy groups -OCH3 is 1. The Hall–Kier alpha value is -1.78. The number of nitrogens with one attached hydrogen (secondary N) is 1. The minimum absolute atomic E-state index is 0.546. The molecule has 0 atom stereocenters. The second kappa shape index (κ2) is 7.20. The molecule has 5 heteroatoms. The maximum Gasteiger partial charge on any atom is 0.213 e. The van der Waals surface area contributed by atoms with Crippen molar-refractivity contribution in [1.82, 2.24) is 15.2 Å². The van der Waals surface area contributed by atoms with E-state index in [0.29, 0.717) is 17.8 Å². The topological polar surface area (TPSA) is 49.8 Å². The van der Waals surface area contributed by atoms with Crippen LogP contribution in [-0.4, -0.2) is 43.1 Å². The summed E-state index contributed by atoms with van der Waals surface area (Å²) < 4.78 is 5.18. The average Bonchev–Trinajstić information content (AvgIpc) is 2.99. The van der Waals surface area contributed by atoms with Crippen LogP contribution in [0.5, 0.6) is 5.88 Å². The molecule has 0 bridgehead atoms. The van der Waals surface area contributed by atoms with Gasteiger partial charge in [-0.1, -0.05) is 25.3 Å². The first-order valence-electron chi connectivity index (χ1n) is 8.70. The number of ether oxygens (including phenoxy) is 1.